The molecule has 1 aromatic heterocycles. The average Bonchev–Trinajstić information content (AvgIpc) is 2.26. The van der Waals surface area contributed by atoms with Crippen molar-refractivity contribution < 1.29 is 4.74 Å². The summed E-state index contributed by atoms with van der Waals surface area (Å²) in [6.07, 6.45) is 3.93. The number of rotatable bonds is 6. The largest absolute Gasteiger partial charge is 0.475 e. The first kappa shape index (κ1) is 11.8. The summed E-state index contributed by atoms with van der Waals surface area (Å²) < 4.78 is 5.59. The van der Waals surface area contributed by atoms with Crippen LogP contribution in [0.4, 0.5) is 5.95 Å². The van der Waals surface area contributed by atoms with E-state index in [0.29, 0.717) is 11.8 Å². The van der Waals surface area contributed by atoms with Gasteiger partial charge in [0.15, 0.2) is 0 Å². The predicted molar refractivity (Wildman–Crippen MR) is 61.2 cm³/mol. The van der Waals surface area contributed by atoms with Crippen LogP contribution in [0.3, 0.4) is 0 Å². The van der Waals surface area contributed by atoms with Crippen molar-refractivity contribution in [2.75, 3.05) is 11.9 Å². The second-order valence-electron chi connectivity index (χ2n) is 3.48. The molecule has 0 aliphatic heterocycles. The molecule has 1 rings (SSSR count). The molecule has 1 heterocycles. The SMILES string of the molecule is CCCNc1nccc(OC(C)CC)n1. The molecule has 0 bridgehead atoms. The molecule has 1 aromatic rings. The molecule has 0 saturated carbocycles. The van der Waals surface area contributed by atoms with Crippen molar-refractivity contribution in [2.45, 2.75) is 39.7 Å². The molecule has 0 fully saturated rings. The number of nitrogens with one attached hydrogen (secondary N) is 1. The number of hydrogen-bond acceptors (Lipinski definition) is 4. The van der Waals surface area contributed by atoms with Crippen LogP contribution in [0.2, 0.25) is 0 Å². The highest BCUT2D eigenvalue weighted by Gasteiger charge is 2.03. The van der Waals surface area contributed by atoms with Crippen LogP contribution in [-0.4, -0.2) is 22.6 Å². The van der Waals surface area contributed by atoms with Crippen LogP contribution < -0.4 is 10.1 Å². The van der Waals surface area contributed by atoms with E-state index in [4.69, 9.17) is 4.74 Å². The maximum atomic E-state index is 5.59. The molecule has 0 spiro atoms. The zero-order chi connectivity index (χ0) is 11.1. The average molecular weight is 209 g/mol. The van der Waals surface area contributed by atoms with E-state index in [2.05, 4.69) is 29.1 Å². The van der Waals surface area contributed by atoms with Crippen molar-refractivity contribution in [3.05, 3.63) is 12.3 Å². The summed E-state index contributed by atoms with van der Waals surface area (Å²) in [6, 6.07) is 1.78. The minimum absolute atomic E-state index is 0.193. The third-order valence-corrected chi connectivity index (χ3v) is 2.06. The summed E-state index contributed by atoms with van der Waals surface area (Å²) in [7, 11) is 0. The lowest BCUT2D eigenvalue weighted by atomic mass is 10.3. The molecule has 1 atom stereocenters. The van der Waals surface area contributed by atoms with Gasteiger partial charge in [0.05, 0.1) is 6.10 Å². The molecular formula is C11H19N3O. The fourth-order valence-corrected chi connectivity index (χ4v) is 1.02. The van der Waals surface area contributed by atoms with Gasteiger partial charge in [0.2, 0.25) is 11.8 Å². The van der Waals surface area contributed by atoms with Crippen LogP contribution in [0.15, 0.2) is 12.3 Å². The number of nitrogens with zero attached hydrogens (tertiary/aromatic N) is 2. The first-order chi connectivity index (χ1) is 7.26. The van der Waals surface area contributed by atoms with Crippen LogP contribution in [0.1, 0.15) is 33.6 Å². The van der Waals surface area contributed by atoms with Gasteiger partial charge in [-0.2, -0.15) is 4.98 Å². The zero-order valence-corrected chi connectivity index (χ0v) is 9.66. The summed E-state index contributed by atoms with van der Waals surface area (Å²) in [5, 5.41) is 3.12. The van der Waals surface area contributed by atoms with Crippen molar-refractivity contribution in [3.8, 4) is 5.88 Å². The Balaban J connectivity index is 2.57. The van der Waals surface area contributed by atoms with E-state index in [1.807, 2.05) is 6.92 Å². The second-order valence-corrected chi connectivity index (χ2v) is 3.48. The van der Waals surface area contributed by atoms with Crippen LogP contribution in [0, 0.1) is 0 Å². The third-order valence-electron chi connectivity index (χ3n) is 2.06. The monoisotopic (exact) mass is 209 g/mol. The Kier molecular flexibility index (Phi) is 4.87. The molecule has 84 valence electrons. The minimum Gasteiger partial charge on any atom is -0.475 e. The summed E-state index contributed by atoms with van der Waals surface area (Å²) in [4.78, 5) is 8.36. The molecule has 1 unspecified atom stereocenters. The van der Waals surface area contributed by atoms with Crippen LogP contribution in [0.5, 0.6) is 5.88 Å². The van der Waals surface area contributed by atoms with Crippen LogP contribution in [0.25, 0.3) is 0 Å². The highest BCUT2D eigenvalue weighted by molar-refractivity contribution is 5.27. The zero-order valence-electron chi connectivity index (χ0n) is 9.66. The smallest absolute Gasteiger partial charge is 0.225 e. The normalized spacial score (nSPS) is 12.2. The maximum absolute atomic E-state index is 5.59. The van der Waals surface area contributed by atoms with Gasteiger partial charge in [-0.3, -0.25) is 0 Å². The minimum atomic E-state index is 0.193. The molecule has 0 amide bonds. The molecule has 0 radical (unpaired) electrons. The first-order valence-electron chi connectivity index (χ1n) is 5.49. The van der Waals surface area contributed by atoms with Gasteiger partial charge in [-0.1, -0.05) is 13.8 Å². The third kappa shape index (κ3) is 4.14. The summed E-state index contributed by atoms with van der Waals surface area (Å²) in [6.45, 7) is 7.10. The Morgan fingerprint density at radius 2 is 2.27 bits per heavy atom. The van der Waals surface area contributed by atoms with Gasteiger partial charge in [-0.15, -0.1) is 0 Å². The van der Waals surface area contributed by atoms with Gasteiger partial charge in [-0.05, 0) is 19.8 Å². The van der Waals surface area contributed by atoms with Gasteiger partial charge < -0.3 is 10.1 Å². The Hall–Kier alpha value is -1.32. The van der Waals surface area contributed by atoms with E-state index in [0.717, 1.165) is 19.4 Å². The molecule has 0 aliphatic rings. The van der Waals surface area contributed by atoms with Gasteiger partial charge >= 0.3 is 0 Å². The fraction of sp³-hybridized carbons (Fsp3) is 0.636. The van der Waals surface area contributed by atoms with Crippen molar-refractivity contribution in [1.29, 1.82) is 0 Å². The number of aromatic nitrogens is 2. The van der Waals surface area contributed by atoms with Crippen molar-refractivity contribution in [1.82, 2.24) is 9.97 Å². The van der Waals surface area contributed by atoms with E-state index in [1.165, 1.54) is 0 Å². The molecule has 15 heavy (non-hydrogen) atoms. The van der Waals surface area contributed by atoms with Gasteiger partial charge in [0.25, 0.3) is 0 Å². The molecule has 1 N–H and O–H groups in total. The lowest BCUT2D eigenvalue weighted by Gasteiger charge is -2.11. The molecule has 4 heteroatoms. The van der Waals surface area contributed by atoms with Crippen LogP contribution >= 0.6 is 0 Å². The molecular weight excluding hydrogens is 190 g/mol. The fourth-order valence-electron chi connectivity index (χ4n) is 1.02. The lowest BCUT2D eigenvalue weighted by Crippen LogP contribution is -2.12. The topological polar surface area (TPSA) is 47.0 Å². The van der Waals surface area contributed by atoms with Crippen LogP contribution in [-0.2, 0) is 0 Å². The summed E-state index contributed by atoms with van der Waals surface area (Å²) in [5.41, 5.74) is 0. The Bertz CT molecular complexity index is 291. The first-order valence-corrected chi connectivity index (χ1v) is 5.49. The van der Waals surface area contributed by atoms with E-state index >= 15 is 0 Å². The van der Waals surface area contributed by atoms with Gasteiger partial charge in [-0.25, -0.2) is 4.98 Å². The molecule has 0 aromatic carbocycles. The Morgan fingerprint density at radius 3 is 2.93 bits per heavy atom. The molecule has 0 saturated heterocycles. The molecule has 0 aliphatic carbocycles. The van der Waals surface area contributed by atoms with Gasteiger partial charge in [0, 0.05) is 18.8 Å². The number of anilines is 1. The number of hydrogen-bond donors (Lipinski definition) is 1. The maximum Gasteiger partial charge on any atom is 0.225 e. The van der Waals surface area contributed by atoms with Crippen molar-refractivity contribution in [3.63, 3.8) is 0 Å². The lowest BCUT2D eigenvalue weighted by molar-refractivity contribution is 0.208. The Morgan fingerprint density at radius 1 is 1.47 bits per heavy atom. The standard InChI is InChI=1S/C11H19N3O/c1-4-7-12-11-13-8-6-10(14-11)15-9(3)5-2/h6,8-9H,4-5,7H2,1-3H3,(H,12,13,14). The highest BCUT2D eigenvalue weighted by atomic mass is 16.5. The van der Waals surface area contributed by atoms with E-state index in [-0.39, 0.29) is 6.10 Å². The summed E-state index contributed by atoms with van der Waals surface area (Å²) in [5.74, 6) is 1.27. The summed E-state index contributed by atoms with van der Waals surface area (Å²) >= 11 is 0. The van der Waals surface area contributed by atoms with Crippen molar-refractivity contribution in [2.24, 2.45) is 0 Å². The van der Waals surface area contributed by atoms with Crippen molar-refractivity contribution >= 4 is 5.95 Å². The van der Waals surface area contributed by atoms with Gasteiger partial charge in [0.1, 0.15) is 0 Å². The van der Waals surface area contributed by atoms with E-state index < -0.39 is 0 Å². The predicted octanol–water partition coefficient (Wildman–Crippen LogP) is 2.48. The quantitative estimate of drug-likeness (QED) is 0.781. The second kappa shape index (κ2) is 6.22. The Labute approximate surface area is 91.1 Å². The van der Waals surface area contributed by atoms with E-state index in [9.17, 15) is 0 Å². The number of ether oxygens (including phenoxy) is 1. The highest BCUT2D eigenvalue weighted by Crippen LogP contribution is 2.11. The van der Waals surface area contributed by atoms with E-state index in [1.54, 1.807) is 12.3 Å². The molecule has 4 nitrogen and oxygen atoms in total.